The second-order valence-corrected chi connectivity index (χ2v) is 10.6. The summed E-state index contributed by atoms with van der Waals surface area (Å²) in [5.41, 5.74) is 9.48. The first-order chi connectivity index (χ1) is 18.8. The number of hydrogen-bond donors (Lipinski definition) is 1. The molecule has 0 spiro atoms. The average molecular weight is 504 g/mol. The molecule has 180 valence electrons. The maximum Gasteiger partial charge on any atom is 0.0464 e. The summed E-state index contributed by atoms with van der Waals surface area (Å²) in [5.74, 6) is 0. The molecule has 7 rings (SSSR count). The van der Waals surface area contributed by atoms with Crippen molar-refractivity contribution in [3.8, 4) is 33.4 Å². The van der Waals surface area contributed by atoms with E-state index in [4.69, 9.17) is 0 Å². The molecular formula is C36H25NS. The molecule has 7 aromatic rings. The molecule has 0 unspecified atom stereocenters. The lowest BCUT2D eigenvalue weighted by Crippen LogP contribution is -1.94. The van der Waals surface area contributed by atoms with Crippen LogP contribution in [0.25, 0.3) is 53.6 Å². The Morgan fingerprint density at radius 1 is 0.421 bits per heavy atom. The van der Waals surface area contributed by atoms with Crippen LogP contribution in [0.4, 0.5) is 11.4 Å². The smallest absolute Gasteiger partial charge is 0.0464 e. The second-order valence-electron chi connectivity index (χ2n) is 9.47. The molecule has 0 saturated heterocycles. The minimum Gasteiger partial charge on any atom is -0.355 e. The molecule has 1 aromatic heterocycles. The van der Waals surface area contributed by atoms with Crippen molar-refractivity contribution in [3.63, 3.8) is 0 Å². The lowest BCUT2D eigenvalue weighted by Gasteiger charge is -2.16. The minimum absolute atomic E-state index is 1.07. The van der Waals surface area contributed by atoms with Gasteiger partial charge in [0, 0.05) is 37.1 Å². The number of hydrogen-bond acceptors (Lipinski definition) is 2. The van der Waals surface area contributed by atoms with Gasteiger partial charge in [-0.3, -0.25) is 0 Å². The summed E-state index contributed by atoms with van der Waals surface area (Å²) in [6.07, 6.45) is 0. The third-order valence-electron chi connectivity index (χ3n) is 7.09. The molecule has 2 heteroatoms. The van der Waals surface area contributed by atoms with Crippen LogP contribution in [0.2, 0.25) is 0 Å². The molecule has 0 atom stereocenters. The Kier molecular flexibility index (Phi) is 5.73. The fourth-order valence-electron chi connectivity index (χ4n) is 5.22. The number of nitrogens with one attached hydrogen (secondary N) is 1. The highest BCUT2D eigenvalue weighted by atomic mass is 32.1. The molecule has 1 heterocycles. The highest BCUT2D eigenvalue weighted by Gasteiger charge is 2.13. The van der Waals surface area contributed by atoms with Crippen LogP contribution in [0, 0.1) is 0 Å². The molecule has 0 saturated carbocycles. The van der Waals surface area contributed by atoms with Crippen LogP contribution >= 0.6 is 11.3 Å². The Bertz CT molecular complexity index is 1870. The summed E-state index contributed by atoms with van der Waals surface area (Å²) in [5, 5.41) is 6.35. The summed E-state index contributed by atoms with van der Waals surface area (Å²) in [6, 6.07) is 52.0. The Labute approximate surface area is 226 Å². The van der Waals surface area contributed by atoms with E-state index >= 15 is 0 Å². The van der Waals surface area contributed by atoms with Crippen LogP contribution in [0.1, 0.15) is 0 Å². The Morgan fingerprint density at radius 2 is 1.05 bits per heavy atom. The van der Waals surface area contributed by atoms with Crippen LogP contribution in [-0.2, 0) is 0 Å². The first-order valence-electron chi connectivity index (χ1n) is 12.9. The molecule has 0 bridgehead atoms. The van der Waals surface area contributed by atoms with Crippen LogP contribution < -0.4 is 5.32 Å². The fourth-order valence-corrected chi connectivity index (χ4v) is 6.36. The molecule has 0 amide bonds. The zero-order valence-corrected chi connectivity index (χ0v) is 21.6. The van der Waals surface area contributed by atoms with Crippen molar-refractivity contribution in [1.82, 2.24) is 0 Å². The van der Waals surface area contributed by atoms with Crippen molar-refractivity contribution in [2.24, 2.45) is 0 Å². The number of thiophene rings is 1. The highest BCUT2D eigenvalue weighted by molar-refractivity contribution is 7.25. The summed E-state index contributed by atoms with van der Waals surface area (Å²) in [7, 11) is 0. The predicted octanol–water partition coefficient (Wildman–Crippen LogP) is 10.8. The van der Waals surface area contributed by atoms with Crippen LogP contribution in [0.5, 0.6) is 0 Å². The van der Waals surface area contributed by atoms with E-state index < -0.39 is 0 Å². The van der Waals surface area contributed by atoms with Gasteiger partial charge in [-0.15, -0.1) is 11.3 Å². The Balaban J connectivity index is 1.32. The molecule has 0 fully saturated rings. The summed E-state index contributed by atoms with van der Waals surface area (Å²) < 4.78 is 2.65. The summed E-state index contributed by atoms with van der Waals surface area (Å²) >= 11 is 1.86. The van der Waals surface area contributed by atoms with Crippen LogP contribution in [0.15, 0.2) is 146 Å². The number of fused-ring (bicyclic) bond motifs is 3. The number of benzene rings is 6. The molecule has 1 N–H and O–H groups in total. The zero-order valence-electron chi connectivity index (χ0n) is 20.8. The van der Waals surface area contributed by atoms with E-state index in [-0.39, 0.29) is 0 Å². The maximum atomic E-state index is 3.69. The van der Waals surface area contributed by atoms with E-state index in [2.05, 4.69) is 151 Å². The third-order valence-corrected chi connectivity index (χ3v) is 8.22. The number of anilines is 2. The van der Waals surface area contributed by atoms with Gasteiger partial charge in [0.2, 0.25) is 0 Å². The van der Waals surface area contributed by atoms with E-state index in [1.54, 1.807) is 0 Å². The third kappa shape index (κ3) is 4.15. The van der Waals surface area contributed by atoms with Gasteiger partial charge in [0.05, 0.1) is 0 Å². The van der Waals surface area contributed by atoms with Gasteiger partial charge in [-0.2, -0.15) is 0 Å². The molecular weight excluding hydrogens is 478 g/mol. The molecule has 0 aliphatic rings. The maximum absolute atomic E-state index is 3.69. The predicted molar refractivity (Wildman–Crippen MR) is 165 cm³/mol. The van der Waals surface area contributed by atoms with Crippen molar-refractivity contribution in [3.05, 3.63) is 146 Å². The van der Waals surface area contributed by atoms with Crippen molar-refractivity contribution >= 4 is 42.9 Å². The first kappa shape index (κ1) is 22.5. The molecule has 6 aromatic carbocycles. The molecule has 38 heavy (non-hydrogen) atoms. The topological polar surface area (TPSA) is 12.0 Å². The Hall–Kier alpha value is -4.66. The van der Waals surface area contributed by atoms with Gasteiger partial charge in [0.1, 0.15) is 0 Å². The first-order valence-corrected chi connectivity index (χ1v) is 13.7. The van der Waals surface area contributed by atoms with E-state index in [1.807, 2.05) is 11.3 Å². The monoisotopic (exact) mass is 503 g/mol. The fraction of sp³-hybridized carbons (Fsp3) is 0. The number of rotatable bonds is 5. The van der Waals surface area contributed by atoms with E-state index in [0.29, 0.717) is 0 Å². The van der Waals surface area contributed by atoms with E-state index in [9.17, 15) is 0 Å². The lowest BCUT2D eigenvalue weighted by molar-refractivity contribution is 1.52. The van der Waals surface area contributed by atoms with Gasteiger partial charge in [-0.05, 0) is 64.2 Å². The average Bonchev–Trinajstić information content (AvgIpc) is 3.38. The molecule has 1 nitrogen and oxygen atoms in total. The minimum atomic E-state index is 1.07. The molecule has 0 aliphatic carbocycles. The summed E-state index contributed by atoms with van der Waals surface area (Å²) in [4.78, 5) is 0. The SMILES string of the molecule is c1ccc(-c2ccc(Nc3ccc(-c4cccc5sc6ccccc6c45)cc3-c3ccccc3)cc2)cc1. The molecule has 0 aliphatic heterocycles. The van der Waals surface area contributed by atoms with E-state index in [0.717, 1.165) is 11.4 Å². The lowest BCUT2D eigenvalue weighted by atomic mass is 9.94. The molecule has 0 radical (unpaired) electrons. The largest absolute Gasteiger partial charge is 0.355 e. The van der Waals surface area contributed by atoms with Gasteiger partial charge in [0.25, 0.3) is 0 Å². The zero-order chi connectivity index (χ0) is 25.3. The quantitative estimate of drug-likeness (QED) is 0.246. The highest BCUT2D eigenvalue weighted by Crippen LogP contribution is 2.42. The van der Waals surface area contributed by atoms with E-state index in [1.165, 1.54) is 53.6 Å². The van der Waals surface area contributed by atoms with Gasteiger partial charge in [-0.25, -0.2) is 0 Å². The Morgan fingerprint density at radius 3 is 1.84 bits per heavy atom. The van der Waals surface area contributed by atoms with Crippen molar-refractivity contribution < 1.29 is 0 Å². The van der Waals surface area contributed by atoms with Gasteiger partial charge in [-0.1, -0.05) is 109 Å². The van der Waals surface area contributed by atoms with Crippen molar-refractivity contribution in [2.75, 3.05) is 5.32 Å². The van der Waals surface area contributed by atoms with Gasteiger partial charge < -0.3 is 5.32 Å². The van der Waals surface area contributed by atoms with Gasteiger partial charge in [0.15, 0.2) is 0 Å². The summed E-state index contributed by atoms with van der Waals surface area (Å²) in [6.45, 7) is 0. The second kappa shape index (κ2) is 9.66. The van der Waals surface area contributed by atoms with Crippen LogP contribution in [0.3, 0.4) is 0 Å². The van der Waals surface area contributed by atoms with Crippen LogP contribution in [-0.4, -0.2) is 0 Å². The van der Waals surface area contributed by atoms with Gasteiger partial charge >= 0.3 is 0 Å². The van der Waals surface area contributed by atoms with Crippen molar-refractivity contribution in [1.29, 1.82) is 0 Å². The normalized spacial score (nSPS) is 11.2. The van der Waals surface area contributed by atoms with Crippen molar-refractivity contribution in [2.45, 2.75) is 0 Å². The standard InChI is InChI=1S/C36H25NS/c1-3-10-25(11-4-1)26-18-21-29(22-19-26)37-33-23-20-28(24-32(33)27-12-5-2-6-13-27)30-15-9-17-35-36(30)31-14-7-8-16-34(31)38-35/h1-24,37H.